The van der Waals surface area contributed by atoms with Crippen molar-refractivity contribution in [3.05, 3.63) is 66.6 Å². The summed E-state index contributed by atoms with van der Waals surface area (Å²) in [6, 6.07) is 14.5. The van der Waals surface area contributed by atoms with E-state index in [1.54, 1.807) is 0 Å². The maximum atomic E-state index is 4.92. The molecule has 0 N–H and O–H groups in total. The number of hydrogen-bond donors (Lipinski definition) is 0. The third kappa shape index (κ3) is 2.65. The molecule has 0 amide bonds. The lowest BCUT2D eigenvalue weighted by molar-refractivity contribution is 0.270. The van der Waals surface area contributed by atoms with E-state index in [0.29, 0.717) is 5.41 Å². The highest BCUT2D eigenvalue weighted by Crippen LogP contribution is 2.60. The fraction of sp³-hybridized carbons (Fsp3) is 0.364. The van der Waals surface area contributed by atoms with E-state index >= 15 is 0 Å². The van der Waals surface area contributed by atoms with Gasteiger partial charge in [0.15, 0.2) is 0 Å². The zero-order chi connectivity index (χ0) is 17.6. The third-order valence-corrected chi connectivity index (χ3v) is 6.24. The second kappa shape index (κ2) is 6.06. The average molecular weight is 344 g/mol. The third-order valence-electron chi connectivity index (χ3n) is 6.24. The number of hydrogen-bond acceptors (Lipinski definition) is 3. The topological polar surface area (TPSA) is 34.0 Å². The van der Waals surface area contributed by atoms with Gasteiger partial charge in [0.05, 0.1) is 11.4 Å². The Kier molecular flexibility index (Phi) is 3.68. The first kappa shape index (κ1) is 15.8. The fourth-order valence-electron chi connectivity index (χ4n) is 4.60. The average Bonchev–Trinajstić information content (AvgIpc) is 3.04. The summed E-state index contributed by atoms with van der Waals surface area (Å²) in [5.74, 6) is 0.918. The van der Waals surface area contributed by atoms with Crippen LogP contribution in [0.5, 0.6) is 0 Å². The lowest BCUT2D eigenvalue weighted by Gasteiger charge is -2.19. The maximum absolute atomic E-state index is 4.92. The Hall–Kier alpha value is -2.46. The number of fused-ring (bicyclic) bond motifs is 1. The number of likely N-dealkylation sites (tertiary alicyclic amines) is 1. The molecule has 4 heteroatoms. The first-order valence-corrected chi connectivity index (χ1v) is 9.54. The summed E-state index contributed by atoms with van der Waals surface area (Å²) in [4.78, 5) is 6.78. The van der Waals surface area contributed by atoms with Gasteiger partial charge in [0.2, 0.25) is 0 Å². The van der Waals surface area contributed by atoms with E-state index in [2.05, 4.69) is 59.4 Å². The van der Waals surface area contributed by atoms with Gasteiger partial charge in [-0.3, -0.25) is 9.88 Å². The minimum Gasteiger partial charge on any atom is -0.298 e. The molecule has 26 heavy (non-hydrogen) atoms. The van der Waals surface area contributed by atoms with Crippen molar-refractivity contribution in [1.82, 2.24) is 19.7 Å². The number of para-hydroxylation sites is 1. The van der Waals surface area contributed by atoms with Crippen molar-refractivity contribution in [2.24, 2.45) is 11.3 Å². The zero-order valence-electron chi connectivity index (χ0n) is 15.2. The van der Waals surface area contributed by atoms with Crippen LogP contribution in [0.25, 0.3) is 16.9 Å². The molecular formula is C22H24N4. The Labute approximate surface area is 154 Å². The second-order valence-electron chi connectivity index (χ2n) is 7.81. The minimum atomic E-state index is 0.617. The van der Waals surface area contributed by atoms with Crippen LogP contribution in [0.15, 0.2) is 61.1 Å². The van der Waals surface area contributed by atoms with Crippen LogP contribution in [-0.4, -0.2) is 32.8 Å². The molecule has 132 valence electrons. The second-order valence-corrected chi connectivity index (χ2v) is 7.81. The van der Waals surface area contributed by atoms with Crippen molar-refractivity contribution in [2.45, 2.75) is 26.3 Å². The smallest absolute Gasteiger partial charge is 0.0973 e. The highest BCUT2D eigenvalue weighted by atomic mass is 15.3. The van der Waals surface area contributed by atoms with E-state index in [1.165, 1.54) is 31.5 Å². The van der Waals surface area contributed by atoms with E-state index in [1.807, 2.05) is 23.1 Å². The van der Waals surface area contributed by atoms with Crippen molar-refractivity contribution < 1.29 is 0 Å². The molecule has 2 atom stereocenters. The SMILES string of the molecule is CCC12CC1CN(Cc1cn(-c3ccccc3)nc1-c1ccncc1)C2. The Morgan fingerprint density at radius 3 is 2.65 bits per heavy atom. The largest absolute Gasteiger partial charge is 0.298 e. The summed E-state index contributed by atoms with van der Waals surface area (Å²) < 4.78 is 2.01. The molecule has 1 aliphatic carbocycles. The van der Waals surface area contributed by atoms with E-state index in [4.69, 9.17) is 5.10 Å². The highest BCUT2D eigenvalue weighted by molar-refractivity contribution is 5.62. The van der Waals surface area contributed by atoms with Gasteiger partial charge in [-0.2, -0.15) is 5.10 Å². The summed E-state index contributed by atoms with van der Waals surface area (Å²) in [5.41, 5.74) is 5.23. The lowest BCUT2D eigenvalue weighted by atomic mass is 10.0. The van der Waals surface area contributed by atoms with Gasteiger partial charge in [-0.1, -0.05) is 25.1 Å². The number of pyridine rings is 1. The Morgan fingerprint density at radius 2 is 1.92 bits per heavy atom. The minimum absolute atomic E-state index is 0.617. The molecule has 3 heterocycles. The molecule has 1 saturated heterocycles. The molecule has 1 aromatic carbocycles. The number of aromatic nitrogens is 3. The van der Waals surface area contributed by atoms with Gasteiger partial charge in [-0.25, -0.2) is 4.68 Å². The Bertz CT molecular complexity index is 898. The van der Waals surface area contributed by atoms with Gasteiger partial charge in [0.1, 0.15) is 0 Å². The summed E-state index contributed by atoms with van der Waals surface area (Å²) in [5, 5.41) is 4.92. The molecule has 1 aliphatic heterocycles. The molecule has 3 aromatic rings. The first-order valence-electron chi connectivity index (χ1n) is 9.54. The monoisotopic (exact) mass is 344 g/mol. The summed E-state index contributed by atoms with van der Waals surface area (Å²) in [6.45, 7) is 5.79. The molecular weight excluding hydrogens is 320 g/mol. The molecule has 0 radical (unpaired) electrons. The van der Waals surface area contributed by atoms with Crippen LogP contribution in [-0.2, 0) is 6.54 Å². The molecule has 5 rings (SSSR count). The van der Waals surface area contributed by atoms with E-state index in [9.17, 15) is 0 Å². The Morgan fingerprint density at radius 1 is 1.12 bits per heavy atom. The standard InChI is InChI=1S/C22H24N4/c1-2-22-12-19(22)15-25(16-22)13-18-14-26(20-6-4-3-5-7-20)24-21(18)17-8-10-23-11-9-17/h3-11,14,19H,2,12-13,15-16H2,1H3. The molecule has 2 unspecified atom stereocenters. The maximum Gasteiger partial charge on any atom is 0.0973 e. The van der Waals surface area contributed by atoms with Gasteiger partial charge < -0.3 is 0 Å². The van der Waals surface area contributed by atoms with Crippen LogP contribution in [0.1, 0.15) is 25.3 Å². The van der Waals surface area contributed by atoms with Gasteiger partial charge in [0, 0.05) is 49.4 Å². The van der Waals surface area contributed by atoms with Crippen molar-refractivity contribution in [2.75, 3.05) is 13.1 Å². The highest BCUT2D eigenvalue weighted by Gasteiger charge is 2.58. The molecule has 2 aliphatic rings. The molecule has 4 nitrogen and oxygen atoms in total. The van der Waals surface area contributed by atoms with E-state index in [-0.39, 0.29) is 0 Å². The molecule has 0 bridgehead atoms. The van der Waals surface area contributed by atoms with Crippen molar-refractivity contribution in [1.29, 1.82) is 0 Å². The lowest BCUT2D eigenvalue weighted by Crippen LogP contribution is -2.24. The van der Waals surface area contributed by atoms with Gasteiger partial charge in [0.25, 0.3) is 0 Å². The van der Waals surface area contributed by atoms with E-state index in [0.717, 1.165) is 29.4 Å². The normalized spacial score (nSPS) is 24.6. The quantitative estimate of drug-likeness (QED) is 0.697. The molecule has 1 saturated carbocycles. The van der Waals surface area contributed by atoms with Crippen LogP contribution in [0.3, 0.4) is 0 Å². The van der Waals surface area contributed by atoms with Crippen molar-refractivity contribution in [3.63, 3.8) is 0 Å². The van der Waals surface area contributed by atoms with Crippen LogP contribution < -0.4 is 0 Å². The number of rotatable bonds is 5. The van der Waals surface area contributed by atoms with Gasteiger partial charge in [-0.05, 0) is 48.4 Å². The van der Waals surface area contributed by atoms with Crippen LogP contribution in [0.4, 0.5) is 0 Å². The van der Waals surface area contributed by atoms with Crippen LogP contribution >= 0.6 is 0 Å². The van der Waals surface area contributed by atoms with Crippen LogP contribution in [0.2, 0.25) is 0 Å². The number of nitrogens with zero attached hydrogens (tertiary/aromatic N) is 4. The fourth-order valence-corrected chi connectivity index (χ4v) is 4.60. The predicted molar refractivity (Wildman–Crippen MR) is 103 cm³/mol. The summed E-state index contributed by atoms with van der Waals surface area (Å²) in [6.07, 6.45) is 8.64. The van der Waals surface area contributed by atoms with Crippen LogP contribution in [0, 0.1) is 11.3 Å². The summed E-state index contributed by atoms with van der Waals surface area (Å²) >= 11 is 0. The zero-order valence-corrected chi connectivity index (χ0v) is 15.2. The van der Waals surface area contributed by atoms with E-state index < -0.39 is 0 Å². The number of piperidine rings is 1. The van der Waals surface area contributed by atoms with Gasteiger partial charge in [-0.15, -0.1) is 0 Å². The number of benzene rings is 1. The first-order chi connectivity index (χ1) is 12.8. The Balaban J connectivity index is 1.48. The molecule has 2 aromatic heterocycles. The summed E-state index contributed by atoms with van der Waals surface area (Å²) in [7, 11) is 0. The molecule has 0 spiro atoms. The van der Waals surface area contributed by atoms with Crippen molar-refractivity contribution in [3.8, 4) is 16.9 Å². The molecule has 2 fully saturated rings. The predicted octanol–water partition coefficient (Wildman–Crippen LogP) is 4.17. The van der Waals surface area contributed by atoms with Gasteiger partial charge >= 0.3 is 0 Å². The van der Waals surface area contributed by atoms with Crippen molar-refractivity contribution >= 4 is 0 Å².